The highest BCUT2D eigenvalue weighted by atomic mass is 16.6. The van der Waals surface area contributed by atoms with Gasteiger partial charge in [0, 0.05) is 37.5 Å². The Kier molecular flexibility index (Phi) is 5.62. The largest absolute Gasteiger partial charge is 0.444 e. The number of piperidine rings is 1. The highest BCUT2D eigenvalue weighted by Crippen LogP contribution is 2.22. The van der Waals surface area contributed by atoms with Crippen molar-refractivity contribution in [1.82, 2.24) is 25.1 Å². The summed E-state index contributed by atoms with van der Waals surface area (Å²) in [6.45, 7) is 9.03. The van der Waals surface area contributed by atoms with Gasteiger partial charge in [-0.2, -0.15) is 5.10 Å². The molecule has 0 radical (unpaired) electrons. The molecule has 0 aromatic carbocycles. The molecule has 146 valence electrons. The van der Waals surface area contributed by atoms with E-state index in [0.29, 0.717) is 18.3 Å². The topological polar surface area (TPSA) is 96.0 Å². The van der Waals surface area contributed by atoms with Crippen LogP contribution in [0.15, 0.2) is 18.3 Å². The first kappa shape index (κ1) is 19.1. The second-order valence-electron chi connectivity index (χ2n) is 8.06. The monoisotopic (exact) mass is 372 g/mol. The molecular formula is C19H28N6O2. The van der Waals surface area contributed by atoms with Crippen LogP contribution in [-0.2, 0) is 11.2 Å². The Hall–Kier alpha value is -2.64. The first-order valence-corrected chi connectivity index (χ1v) is 9.37. The summed E-state index contributed by atoms with van der Waals surface area (Å²) < 4.78 is 5.50. The van der Waals surface area contributed by atoms with Crippen LogP contribution in [0.25, 0.3) is 0 Å². The maximum absolute atomic E-state index is 12.3. The van der Waals surface area contributed by atoms with Crippen LogP contribution in [0.3, 0.4) is 0 Å². The second-order valence-corrected chi connectivity index (χ2v) is 8.06. The summed E-state index contributed by atoms with van der Waals surface area (Å²) in [4.78, 5) is 23.1. The van der Waals surface area contributed by atoms with Gasteiger partial charge in [-0.3, -0.25) is 5.10 Å². The average molecular weight is 372 g/mol. The predicted molar refractivity (Wildman–Crippen MR) is 103 cm³/mol. The summed E-state index contributed by atoms with van der Waals surface area (Å²) in [6, 6.07) is 3.74. The van der Waals surface area contributed by atoms with Gasteiger partial charge in [-0.05, 0) is 52.5 Å². The summed E-state index contributed by atoms with van der Waals surface area (Å²) in [5.41, 5.74) is 0.508. The summed E-state index contributed by atoms with van der Waals surface area (Å²) >= 11 is 0. The van der Waals surface area contributed by atoms with Crippen molar-refractivity contribution in [2.45, 2.75) is 52.6 Å². The van der Waals surface area contributed by atoms with Crippen LogP contribution in [0.4, 0.5) is 16.4 Å². The zero-order valence-electron chi connectivity index (χ0n) is 16.5. The fraction of sp³-hybridized carbons (Fsp3) is 0.579. The molecule has 1 atom stereocenters. The van der Waals surface area contributed by atoms with Gasteiger partial charge >= 0.3 is 6.09 Å². The SMILES string of the molecule is Cc1cc(Nc2ccnc(C[C@H]3CCCN(C(=O)OC(C)(C)C)C3)n2)n[nH]1. The number of amides is 1. The number of carbonyl (C=O) groups excluding carboxylic acids is 1. The molecule has 0 unspecified atom stereocenters. The van der Waals surface area contributed by atoms with E-state index >= 15 is 0 Å². The average Bonchev–Trinajstić information content (AvgIpc) is 2.99. The van der Waals surface area contributed by atoms with Crippen LogP contribution in [0.5, 0.6) is 0 Å². The molecular weight excluding hydrogens is 344 g/mol. The fourth-order valence-electron chi connectivity index (χ4n) is 3.16. The molecule has 0 aliphatic carbocycles. The Balaban J connectivity index is 1.59. The van der Waals surface area contributed by atoms with Crippen LogP contribution in [-0.4, -0.2) is 49.8 Å². The number of aryl methyl sites for hydroxylation is 1. The zero-order valence-corrected chi connectivity index (χ0v) is 16.5. The normalized spacial score (nSPS) is 17.6. The van der Waals surface area contributed by atoms with Crippen LogP contribution < -0.4 is 5.32 Å². The Morgan fingerprint density at radius 3 is 2.93 bits per heavy atom. The third-order valence-corrected chi connectivity index (χ3v) is 4.31. The summed E-state index contributed by atoms with van der Waals surface area (Å²) in [6.07, 6.45) is 4.26. The van der Waals surface area contributed by atoms with Gasteiger partial charge in [0.25, 0.3) is 0 Å². The minimum atomic E-state index is -0.474. The molecule has 3 rings (SSSR count). The van der Waals surface area contributed by atoms with Crippen molar-refractivity contribution in [3.63, 3.8) is 0 Å². The third-order valence-electron chi connectivity index (χ3n) is 4.31. The molecule has 0 bridgehead atoms. The van der Waals surface area contributed by atoms with Crippen molar-refractivity contribution < 1.29 is 9.53 Å². The molecule has 1 aliphatic rings. The number of carbonyl (C=O) groups is 1. The van der Waals surface area contributed by atoms with Gasteiger partial charge in [0.05, 0.1) is 0 Å². The molecule has 2 aromatic rings. The molecule has 2 aromatic heterocycles. The van der Waals surface area contributed by atoms with Gasteiger partial charge in [0.1, 0.15) is 17.2 Å². The number of nitrogens with zero attached hydrogens (tertiary/aromatic N) is 4. The molecule has 1 fully saturated rings. The number of rotatable bonds is 4. The van der Waals surface area contributed by atoms with Crippen molar-refractivity contribution >= 4 is 17.7 Å². The molecule has 2 N–H and O–H groups in total. The van der Waals surface area contributed by atoms with Gasteiger partial charge in [-0.15, -0.1) is 0 Å². The van der Waals surface area contributed by atoms with Gasteiger partial charge in [-0.1, -0.05) is 0 Å². The Bertz CT molecular complexity index is 783. The van der Waals surface area contributed by atoms with E-state index in [-0.39, 0.29) is 6.09 Å². The van der Waals surface area contributed by atoms with E-state index in [2.05, 4.69) is 25.5 Å². The van der Waals surface area contributed by atoms with E-state index in [1.807, 2.05) is 39.8 Å². The van der Waals surface area contributed by atoms with Crippen LogP contribution in [0.1, 0.15) is 45.1 Å². The van der Waals surface area contributed by atoms with Gasteiger partial charge in [0.15, 0.2) is 5.82 Å². The number of nitrogens with one attached hydrogen (secondary N) is 2. The minimum Gasteiger partial charge on any atom is -0.444 e. The first-order chi connectivity index (χ1) is 12.8. The molecule has 1 saturated heterocycles. The van der Waals surface area contributed by atoms with E-state index < -0.39 is 5.60 Å². The lowest BCUT2D eigenvalue weighted by Gasteiger charge is -2.34. The molecule has 0 saturated carbocycles. The van der Waals surface area contributed by atoms with Gasteiger partial charge in [-0.25, -0.2) is 14.8 Å². The van der Waals surface area contributed by atoms with E-state index in [0.717, 1.165) is 43.1 Å². The zero-order chi connectivity index (χ0) is 19.4. The number of hydrogen-bond donors (Lipinski definition) is 2. The van der Waals surface area contributed by atoms with Crippen LogP contribution >= 0.6 is 0 Å². The van der Waals surface area contributed by atoms with Crippen molar-refractivity contribution in [2.75, 3.05) is 18.4 Å². The van der Waals surface area contributed by atoms with E-state index in [1.54, 1.807) is 11.1 Å². The van der Waals surface area contributed by atoms with E-state index in [4.69, 9.17) is 4.74 Å². The second kappa shape index (κ2) is 7.94. The number of aromatic amines is 1. The summed E-state index contributed by atoms with van der Waals surface area (Å²) in [5, 5.41) is 10.2. The Labute approximate surface area is 159 Å². The molecule has 0 spiro atoms. The highest BCUT2D eigenvalue weighted by Gasteiger charge is 2.28. The molecule has 27 heavy (non-hydrogen) atoms. The third kappa shape index (κ3) is 5.67. The summed E-state index contributed by atoms with van der Waals surface area (Å²) in [7, 11) is 0. The summed E-state index contributed by atoms with van der Waals surface area (Å²) in [5.74, 6) is 2.54. The maximum Gasteiger partial charge on any atom is 0.410 e. The Morgan fingerprint density at radius 1 is 1.41 bits per heavy atom. The number of likely N-dealkylation sites (tertiary alicyclic amines) is 1. The molecule has 1 aliphatic heterocycles. The first-order valence-electron chi connectivity index (χ1n) is 9.37. The number of anilines is 2. The lowest BCUT2D eigenvalue weighted by atomic mass is 9.94. The lowest BCUT2D eigenvalue weighted by Crippen LogP contribution is -2.43. The highest BCUT2D eigenvalue weighted by molar-refractivity contribution is 5.68. The maximum atomic E-state index is 12.3. The van der Waals surface area contributed by atoms with Gasteiger partial charge in [0.2, 0.25) is 0 Å². The van der Waals surface area contributed by atoms with Gasteiger partial charge < -0.3 is 15.0 Å². The van der Waals surface area contributed by atoms with E-state index in [9.17, 15) is 4.79 Å². The number of ether oxygens (including phenoxy) is 1. The molecule has 8 nitrogen and oxygen atoms in total. The minimum absolute atomic E-state index is 0.238. The number of hydrogen-bond acceptors (Lipinski definition) is 6. The molecule has 8 heteroatoms. The van der Waals surface area contributed by atoms with Crippen molar-refractivity contribution in [2.24, 2.45) is 5.92 Å². The lowest BCUT2D eigenvalue weighted by molar-refractivity contribution is 0.0165. The van der Waals surface area contributed by atoms with Crippen molar-refractivity contribution in [3.8, 4) is 0 Å². The van der Waals surface area contributed by atoms with Crippen LogP contribution in [0, 0.1) is 12.8 Å². The van der Waals surface area contributed by atoms with E-state index in [1.165, 1.54) is 0 Å². The van der Waals surface area contributed by atoms with Crippen molar-refractivity contribution in [1.29, 1.82) is 0 Å². The smallest absolute Gasteiger partial charge is 0.410 e. The quantitative estimate of drug-likeness (QED) is 0.853. The number of aromatic nitrogens is 4. The van der Waals surface area contributed by atoms with Crippen molar-refractivity contribution in [3.05, 3.63) is 29.8 Å². The number of H-pyrrole nitrogens is 1. The van der Waals surface area contributed by atoms with Crippen LogP contribution in [0.2, 0.25) is 0 Å². The molecule has 3 heterocycles. The standard InChI is InChI=1S/C19H28N6O2/c1-13-10-17(24-23-13)22-15-7-8-20-16(21-15)11-14-6-5-9-25(12-14)18(26)27-19(2,3)4/h7-8,10,14H,5-6,9,11-12H2,1-4H3,(H2,20,21,22,23,24)/t14-/m1/s1. The fourth-order valence-corrected chi connectivity index (χ4v) is 3.16. The Morgan fingerprint density at radius 2 is 2.22 bits per heavy atom. The predicted octanol–water partition coefficient (Wildman–Crippen LogP) is 3.44. The molecule has 1 amide bonds.